The molecule has 0 spiro atoms. The van der Waals surface area contributed by atoms with Crippen molar-refractivity contribution in [2.45, 2.75) is 38.6 Å². The summed E-state index contributed by atoms with van der Waals surface area (Å²) in [6.45, 7) is 3.29. The van der Waals surface area contributed by atoms with E-state index in [1.54, 1.807) is 0 Å². The van der Waals surface area contributed by atoms with Crippen molar-refractivity contribution in [3.05, 3.63) is 24.0 Å². The molecule has 2 heterocycles. The Morgan fingerprint density at radius 3 is 2.59 bits per heavy atom. The van der Waals surface area contributed by atoms with E-state index in [2.05, 4.69) is 21.3 Å². The molecule has 1 aromatic heterocycles. The minimum atomic E-state index is 0.902. The first kappa shape index (κ1) is 12.4. The summed E-state index contributed by atoms with van der Waals surface area (Å²) < 4.78 is 0. The molecule has 3 heteroatoms. The van der Waals surface area contributed by atoms with E-state index >= 15 is 0 Å². The van der Waals surface area contributed by atoms with Crippen LogP contribution in [0.15, 0.2) is 18.5 Å². The molecule has 0 amide bonds. The van der Waals surface area contributed by atoms with E-state index in [4.69, 9.17) is 0 Å². The fourth-order valence-corrected chi connectivity index (χ4v) is 2.54. The summed E-state index contributed by atoms with van der Waals surface area (Å²) in [6.07, 6.45) is 10.7. The molecule has 1 saturated heterocycles. The van der Waals surface area contributed by atoms with Crippen molar-refractivity contribution in [1.82, 2.24) is 10.3 Å². The van der Waals surface area contributed by atoms with Gasteiger partial charge in [0.25, 0.3) is 0 Å². The lowest BCUT2D eigenvalue weighted by Crippen LogP contribution is -2.28. The van der Waals surface area contributed by atoms with Crippen molar-refractivity contribution in [3.63, 3.8) is 0 Å². The number of pyridine rings is 1. The molecule has 0 bridgehead atoms. The second-order valence-corrected chi connectivity index (χ2v) is 4.79. The number of nitrogens with zero attached hydrogens (tertiary/aromatic N) is 2. The summed E-state index contributed by atoms with van der Waals surface area (Å²) in [5, 5.41) is 3.22. The van der Waals surface area contributed by atoms with E-state index in [0.29, 0.717) is 0 Å². The van der Waals surface area contributed by atoms with E-state index in [9.17, 15) is 0 Å². The fraction of sp³-hybridized carbons (Fsp3) is 0.643. The van der Waals surface area contributed by atoms with Gasteiger partial charge in [0.2, 0.25) is 0 Å². The second kappa shape index (κ2) is 6.60. The van der Waals surface area contributed by atoms with Crippen LogP contribution in [-0.4, -0.2) is 25.1 Å². The van der Waals surface area contributed by atoms with Crippen LogP contribution in [0.5, 0.6) is 0 Å². The molecule has 1 aliphatic rings. The van der Waals surface area contributed by atoms with Gasteiger partial charge in [0.05, 0.1) is 0 Å². The van der Waals surface area contributed by atoms with Crippen molar-refractivity contribution >= 4 is 5.69 Å². The molecule has 1 fully saturated rings. The van der Waals surface area contributed by atoms with Crippen LogP contribution in [0.4, 0.5) is 5.69 Å². The van der Waals surface area contributed by atoms with E-state index in [1.165, 1.54) is 56.4 Å². The van der Waals surface area contributed by atoms with Gasteiger partial charge in [-0.3, -0.25) is 4.98 Å². The van der Waals surface area contributed by atoms with E-state index in [-0.39, 0.29) is 0 Å². The number of hydrogen-bond acceptors (Lipinski definition) is 3. The summed E-state index contributed by atoms with van der Waals surface area (Å²) in [5.41, 5.74) is 2.69. The Labute approximate surface area is 104 Å². The number of anilines is 1. The predicted octanol–water partition coefficient (Wildman–Crippen LogP) is 2.57. The summed E-state index contributed by atoms with van der Waals surface area (Å²) in [6, 6.07) is 2.16. The highest BCUT2D eigenvalue weighted by Gasteiger charge is 2.12. The highest BCUT2D eigenvalue weighted by atomic mass is 15.1. The summed E-state index contributed by atoms with van der Waals surface area (Å²) in [4.78, 5) is 6.77. The molecular weight excluding hydrogens is 210 g/mol. The van der Waals surface area contributed by atoms with Crippen molar-refractivity contribution < 1.29 is 0 Å². The molecule has 17 heavy (non-hydrogen) atoms. The largest absolute Gasteiger partial charge is 0.371 e. The average molecular weight is 233 g/mol. The SMILES string of the molecule is CNCc1cnccc1N1CCCCCCC1. The second-order valence-electron chi connectivity index (χ2n) is 4.79. The Morgan fingerprint density at radius 2 is 1.88 bits per heavy atom. The third-order valence-electron chi connectivity index (χ3n) is 3.44. The van der Waals surface area contributed by atoms with Crippen molar-refractivity contribution in [3.8, 4) is 0 Å². The molecular formula is C14H23N3. The lowest BCUT2D eigenvalue weighted by atomic mass is 10.1. The number of aromatic nitrogens is 1. The number of hydrogen-bond donors (Lipinski definition) is 1. The first-order valence-corrected chi connectivity index (χ1v) is 6.74. The van der Waals surface area contributed by atoms with E-state index in [1.807, 2.05) is 19.4 Å². The Balaban J connectivity index is 2.12. The van der Waals surface area contributed by atoms with E-state index in [0.717, 1.165) is 6.54 Å². The normalized spacial score (nSPS) is 17.6. The van der Waals surface area contributed by atoms with Crippen LogP contribution in [0.2, 0.25) is 0 Å². The number of nitrogens with one attached hydrogen (secondary N) is 1. The monoisotopic (exact) mass is 233 g/mol. The highest BCUT2D eigenvalue weighted by molar-refractivity contribution is 5.52. The maximum absolute atomic E-state index is 4.23. The third kappa shape index (κ3) is 3.43. The molecule has 0 aromatic carbocycles. The predicted molar refractivity (Wildman–Crippen MR) is 72.3 cm³/mol. The van der Waals surface area contributed by atoms with Gasteiger partial charge in [-0.2, -0.15) is 0 Å². The topological polar surface area (TPSA) is 28.2 Å². The lowest BCUT2D eigenvalue weighted by molar-refractivity contribution is 0.555. The van der Waals surface area contributed by atoms with E-state index < -0.39 is 0 Å². The van der Waals surface area contributed by atoms with Crippen molar-refractivity contribution in [2.75, 3.05) is 25.0 Å². The maximum Gasteiger partial charge on any atom is 0.0442 e. The van der Waals surface area contributed by atoms with Crippen molar-refractivity contribution in [1.29, 1.82) is 0 Å². The molecule has 0 unspecified atom stereocenters. The molecule has 1 N–H and O–H groups in total. The zero-order chi connectivity index (χ0) is 11.9. The molecule has 1 aliphatic heterocycles. The third-order valence-corrected chi connectivity index (χ3v) is 3.44. The van der Waals surface area contributed by atoms with Crippen LogP contribution < -0.4 is 10.2 Å². The van der Waals surface area contributed by atoms with Crippen LogP contribution in [0.3, 0.4) is 0 Å². The van der Waals surface area contributed by atoms with Crippen LogP contribution >= 0.6 is 0 Å². The molecule has 94 valence electrons. The van der Waals surface area contributed by atoms with Gasteiger partial charge in [-0.1, -0.05) is 19.3 Å². The highest BCUT2D eigenvalue weighted by Crippen LogP contribution is 2.22. The van der Waals surface area contributed by atoms with Gasteiger partial charge in [-0.25, -0.2) is 0 Å². The van der Waals surface area contributed by atoms with Gasteiger partial charge < -0.3 is 10.2 Å². The Kier molecular flexibility index (Phi) is 4.80. The van der Waals surface area contributed by atoms with Gasteiger partial charge in [0.15, 0.2) is 0 Å². The Morgan fingerprint density at radius 1 is 1.18 bits per heavy atom. The minimum absolute atomic E-state index is 0.902. The summed E-state index contributed by atoms with van der Waals surface area (Å²) >= 11 is 0. The van der Waals surface area contributed by atoms with Gasteiger partial charge in [-0.15, -0.1) is 0 Å². The molecule has 0 aliphatic carbocycles. The molecule has 0 saturated carbocycles. The lowest BCUT2D eigenvalue weighted by Gasteiger charge is -2.28. The zero-order valence-electron chi connectivity index (χ0n) is 10.8. The van der Waals surface area contributed by atoms with Gasteiger partial charge in [0, 0.05) is 43.3 Å². The smallest absolute Gasteiger partial charge is 0.0442 e. The minimum Gasteiger partial charge on any atom is -0.371 e. The first-order chi connectivity index (χ1) is 8.42. The van der Waals surface area contributed by atoms with Gasteiger partial charge >= 0.3 is 0 Å². The van der Waals surface area contributed by atoms with Gasteiger partial charge in [-0.05, 0) is 26.0 Å². The number of rotatable bonds is 3. The van der Waals surface area contributed by atoms with Gasteiger partial charge in [0.1, 0.15) is 0 Å². The van der Waals surface area contributed by atoms with Crippen LogP contribution in [0, 0.1) is 0 Å². The molecule has 1 aromatic rings. The van der Waals surface area contributed by atoms with Crippen LogP contribution in [0.1, 0.15) is 37.7 Å². The molecule has 3 nitrogen and oxygen atoms in total. The standard InChI is InChI=1S/C14H23N3/c1-15-11-13-12-16-8-7-14(13)17-9-5-3-2-4-6-10-17/h7-8,12,15H,2-6,9-11H2,1H3. The van der Waals surface area contributed by atoms with Crippen molar-refractivity contribution in [2.24, 2.45) is 0 Å². The van der Waals surface area contributed by atoms with Crippen LogP contribution in [0.25, 0.3) is 0 Å². The Bertz CT molecular complexity index is 330. The summed E-state index contributed by atoms with van der Waals surface area (Å²) in [5.74, 6) is 0. The maximum atomic E-state index is 4.23. The first-order valence-electron chi connectivity index (χ1n) is 6.74. The van der Waals surface area contributed by atoms with Crippen LogP contribution in [-0.2, 0) is 6.54 Å². The summed E-state index contributed by atoms with van der Waals surface area (Å²) in [7, 11) is 1.99. The molecule has 0 radical (unpaired) electrons. The molecule has 0 atom stereocenters. The Hall–Kier alpha value is -1.09. The average Bonchev–Trinajstić information content (AvgIpc) is 2.30. The quantitative estimate of drug-likeness (QED) is 0.869. The fourth-order valence-electron chi connectivity index (χ4n) is 2.54. The zero-order valence-corrected chi connectivity index (χ0v) is 10.8. The molecule has 2 rings (SSSR count).